The van der Waals surface area contributed by atoms with Gasteiger partial charge in [0.15, 0.2) is 4.60 Å². The lowest BCUT2D eigenvalue weighted by atomic mass is 10.2. The number of sulfonamides is 1. The van der Waals surface area contributed by atoms with Crippen molar-refractivity contribution in [3.8, 4) is 0 Å². The third kappa shape index (κ3) is 3.46. The number of alkyl halides is 1. The van der Waals surface area contributed by atoms with Crippen LogP contribution in [0.1, 0.15) is 10.4 Å². The highest BCUT2D eigenvalue weighted by Crippen LogP contribution is 2.23. The summed E-state index contributed by atoms with van der Waals surface area (Å²) in [5, 5.41) is 7.33. The first-order valence-electron chi connectivity index (χ1n) is 5.65. The highest BCUT2D eigenvalue weighted by molar-refractivity contribution is 9.10. The molecule has 1 heterocycles. The zero-order chi connectivity index (χ0) is 14.8. The number of benzene rings is 1. The number of nitrogens with one attached hydrogen (secondary N) is 1. The summed E-state index contributed by atoms with van der Waals surface area (Å²) in [6, 6.07) is 9.57. The third-order valence-corrected chi connectivity index (χ3v) is 5.77. The topological polar surface area (TPSA) is 76.9 Å². The smallest absolute Gasteiger partial charge is 0.235 e. The number of hydrogen-bond acceptors (Lipinski definition) is 4. The summed E-state index contributed by atoms with van der Waals surface area (Å²) < 4.78 is 28.4. The fourth-order valence-corrected chi connectivity index (χ4v) is 4.46. The van der Waals surface area contributed by atoms with E-state index in [1.165, 1.54) is 11.7 Å². The van der Waals surface area contributed by atoms with E-state index < -0.39 is 10.0 Å². The molecule has 0 aliphatic heterocycles. The van der Waals surface area contributed by atoms with E-state index >= 15 is 0 Å². The Kier molecular flexibility index (Phi) is 4.95. The lowest BCUT2D eigenvalue weighted by Gasteiger charge is -2.12. The standard InChI is InChI=1S/C11H12Br2N4O2S/c1-17-11(10(13)15-16-17)20(18,19)14-7-9(12)8-5-3-2-4-6-8/h2-6,9,14H,7H2,1H3. The van der Waals surface area contributed by atoms with Gasteiger partial charge < -0.3 is 0 Å². The van der Waals surface area contributed by atoms with Gasteiger partial charge in [0.2, 0.25) is 5.03 Å². The van der Waals surface area contributed by atoms with E-state index in [4.69, 9.17) is 0 Å². The summed E-state index contributed by atoms with van der Waals surface area (Å²) in [5.74, 6) is 0. The van der Waals surface area contributed by atoms with Crippen LogP contribution in [0.3, 0.4) is 0 Å². The number of hydrogen-bond donors (Lipinski definition) is 1. The Balaban J connectivity index is 2.11. The van der Waals surface area contributed by atoms with Crippen LogP contribution in [0.2, 0.25) is 0 Å². The molecule has 0 aliphatic rings. The summed E-state index contributed by atoms with van der Waals surface area (Å²) in [4.78, 5) is -0.113. The van der Waals surface area contributed by atoms with E-state index in [9.17, 15) is 8.42 Å². The second kappa shape index (κ2) is 6.33. The van der Waals surface area contributed by atoms with Crippen molar-refractivity contribution in [2.75, 3.05) is 6.54 Å². The maximum Gasteiger partial charge on any atom is 0.260 e. The van der Waals surface area contributed by atoms with Crippen molar-refractivity contribution in [2.24, 2.45) is 7.05 Å². The Hall–Kier alpha value is -0.770. The third-order valence-electron chi connectivity index (χ3n) is 2.61. The van der Waals surface area contributed by atoms with E-state index in [1.807, 2.05) is 30.3 Å². The fourth-order valence-electron chi connectivity index (χ4n) is 1.64. The molecule has 0 spiro atoms. The highest BCUT2D eigenvalue weighted by Gasteiger charge is 2.24. The van der Waals surface area contributed by atoms with Gasteiger partial charge in [-0.15, -0.1) is 5.10 Å². The molecule has 2 rings (SSSR count). The van der Waals surface area contributed by atoms with Crippen LogP contribution in [0.15, 0.2) is 40.0 Å². The average Bonchev–Trinajstić information content (AvgIpc) is 2.77. The van der Waals surface area contributed by atoms with Gasteiger partial charge in [-0.25, -0.2) is 17.8 Å². The molecular weight excluding hydrogens is 412 g/mol. The fraction of sp³-hybridized carbons (Fsp3) is 0.273. The Labute approximate surface area is 133 Å². The van der Waals surface area contributed by atoms with Gasteiger partial charge in [0, 0.05) is 13.6 Å². The molecule has 9 heteroatoms. The van der Waals surface area contributed by atoms with E-state index in [0.717, 1.165) is 5.56 Å². The minimum absolute atomic E-state index is 0.00487. The van der Waals surface area contributed by atoms with E-state index in [1.54, 1.807) is 0 Å². The molecule has 0 saturated heterocycles. The second-order valence-electron chi connectivity index (χ2n) is 4.04. The molecule has 2 aromatic rings. The van der Waals surface area contributed by atoms with Crippen molar-refractivity contribution in [1.82, 2.24) is 19.7 Å². The van der Waals surface area contributed by atoms with Crippen LogP contribution in [0.5, 0.6) is 0 Å². The molecule has 108 valence electrons. The van der Waals surface area contributed by atoms with Crippen LogP contribution in [-0.4, -0.2) is 30.0 Å². The van der Waals surface area contributed by atoms with Crippen molar-refractivity contribution in [3.63, 3.8) is 0 Å². The van der Waals surface area contributed by atoms with Gasteiger partial charge in [-0.1, -0.05) is 51.5 Å². The SMILES string of the molecule is Cn1nnc(Br)c1S(=O)(=O)NCC(Br)c1ccccc1. The number of aryl methyl sites for hydroxylation is 1. The van der Waals surface area contributed by atoms with Gasteiger partial charge in [-0.05, 0) is 21.5 Å². The maximum atomic E-state index is 12.2. The first-order chi connectivity index (χ1) is 9.42. The first kappa shape index (κ1) is 15.6. The van der Waals surface area contributed by atoms with E-state index in [-0.39, 0.29) is 21.0 Å². The predicted octanol–water partition coefficient (Wildman–Crippen LogP) is 1.99. The molecule has 1 aromatic heterocycles. The zero-order valence-electron chi connectivity index (χ0n) is 10.5. The van der Waals surface area contributed by atoms with Crippen LogP contribution in [0, 0.1) is 0 Å². The maximum absolute atomic E-state index is 12.2. The van der Waals surface area contributed by atoms with Crippen LogP contribution in [0.25, 0.3) is 0 Å². The van der Waals surface area contributed by atoms with Gasteiger partial charge >= 0.3 is 0 Å². The normalized spacial score (nSPS) is 13.3. The Morgan fingerprint density at radius 3 is 2.55 bits per heavy atom. The molecule has 0 bridgehead atoms. The summed E-state index contributed by atoms with van der Waals surface area (Å²) >= 11 is 6.54. The molecule has 20 heavy (non-hydrogen) atoms. The van der Waals surface area contributed by atoms with Gasteiger partial charge in [-0.3, -0.25) is 0 Å². The Morgan fingerprint density at radius 2 is 2.00 bits per heavy atom. The van der Waals surface area contributed by atoms with E-state index in [0.29, 0.717) is 0 Å². The molecule has 0 fully saturated rings. The Morgan fingerprint density at radius 1 is 1.35 bits per heavy atom. The van der Waals surface area contributed by atoms with Gasteiger partial charge in [-0.2, -0.15) is 0 Å². The minimum atomic E-state index is -3.67. The second-order valence-corrected chi connectivity index (χ2v) is 7.58. The average molecular weight is 424 g/mol. The lowest BCUT2D eigenvalue weighted by molar-refractivity contribution is 0.560. The largest absolute Gasteiger partial charge is 0.260 e. The lowest BCUT2D eigenvalue weighted by Crippen LogP contribution is -2.28. The molecule has 6 nitrogen and oxygen atoms in total. The van der Waals surface area contributed by atoms with Crippen LogP contribution >= 0.6 is 31.9 Å². The Bertz CT molecular complexity index is 668. The molecule has 0 saturated carbocycles. The molecule has 0 amide bonds. The molecule has 1 atom stereocenters. The number of aromatic nitrogens is 3. The minimum Gasteiger partial charge on any atom is -0.235 e. The molecule has 1 unspecified atom stereocenters. The molecular formula is C11H12Br2N4O2S. The molecule has 0 aliphatic carbocycles. The van der Waals surface area contributed by atoms with Crippen molar-refractivity contribution in [1.29, 1.82) is 0 Å². The number of nitrogens with zero attached hydrogens (tertiary/aromatic N) is 3. The van der Waals surface area contributed by atoms with Gasteiger partial charge in [0.1, 0.15) is 0 Å². The van der Waals surface area contributed by atoms with Crippen LogP contribution in [0.4, 0.5) is 0 Å². The van der Waals surface area contributed by atoms with Gasteiger partial charge in [0.25, 0.3) is 10.0 Å². The summed E-state index contributed by atoms with van der Waals surface area (Å²) in [6.45, 7) is 0.226. The first-order valence-corrected chi connectivity index (χ1v) is 8.85. The van der Waals surface area contributed by atoms with Crippen LogP contribution in [-0.2, 0) is 17.1 Å². The predicted molar refractivity (Wildman–Crippen MR) is 82.0 cm³/mol. The van der Waals surface area contributed by atoms with Crippen molar-refractivity contribution in [2.45, 2.75) is 9.85 Å². The highest BCUT2D eigenvalue weighted by atomic mass is 79.9. The van der Waals surface area contributed by atoms with Crippen LogP contribution < -0.4 is 4.72 Å². The summed E-state index contributed by atoms with van der Waals surface area (Å²) in [7, 11) is -2.15. The van der Waals surface area contributed by atoms with Gasteiger partial charge in [0.05, 0.1) is 4.83 Å². The quantitative estimate of drug-likeness (QED) is 0.746. The van der Waals surface area contributed by atoms with Crippen molar-refractivity contribution in [3.05, 3.63) is 40.5 Å². The van der Waals surface area contributed by atoms with Crippen molar-refractivity contribution >= 4 is 41.9 Å². The molecule has 1 N–H and O–H groups in total. The summed E-state index contributed by atoms with van der Waals surface area (Å²) in [5.41, 5.74) is 0.998. The monoisotopic (exact) mass is 422 g/mol. The summed E-state index contributed by atoms with van der Waals surface area (Å²) in [6.07, 6.45) is 0. The molecule has 1 aromatic carbocycles. The van der Waals surface area contributed by atoms with E-state index in [2.05, 4.69) is 46.9 Å². The molecule has 0 radical (unpaired) electrons. The number of rotatable bonds is 5. The number of halogens is 2. The zero-order valence-corrected chi connectivity index (χ0v) is 14.5. The van der Waals surface area contributed by atoms with Crippen molar-refractivity contribution < 1.29 is 8.42 Å².